The first-order valence-electron chi connectivity index (χ1n) is 5.70. The lowest BCUT2D eigenvalue weighted by molar-refractivity contribution is 0.357. The highest BCUT2D eigenvalue weighted by atomic mass is 79.9. The Morgan fingerprint density at radius 2 is 2.18 bits per heavy atom. The summed E-state index contributed by atoms with van der Waals surface area (Å²) in [5.41, 5.74) is 7.83. The molecule has 0 radical (unpaired) electrons. The maximum absolute atomic E-state index is 5.54. The van der Waals surface area contributed by atoms with Gasteiger partial charge in [-0.15, -0.1) is 0 Å². The van der Waals surface area contributed by atoms with Gasteiger partial charge in [0.1, 0.15) is 0 Å². The van der Waals surface area contributed by atoms with Crippen LogP contribution in [-0.4, -0.2) is 33.3 Å². The van der Waals surface area contributed by atoms with E-state index in [1.165, 1.54) is 5.69 Å². The highest BCUT2D eigenvalue weighted by Crippen LogP contribution is 2.23. The highest BCUT2D eigenvalue weighted by molar-refractivity contribution is 9.10. The van der Waals surface area contributed by atoms with Crippen LogP contribution in [0.3, 0.4) is 0 Å². The maximum Gasteiger partial charge on any atom is 0.0870 e. The molecule has 0 atom stereocenters. The Balaban J connectivity index is 2.88. The van der Waals surface area contributed by atoms with Crippen molar-refractivity contribution in [3.8, 4) is 0 Å². The first-order valence-corrected chi connectivity index (χ1v) is 6.90. The quantitative estimate of drug-likeness (QED) is 0.814. The Kier molecular flexibility index (Phi) is 5.55. The number of nitrogens with zero attached hydrogens (tertiary/aromatic N) is 3. The highest BCUT2D eigenvalue weighted by Gasteiger charge is 2.15. The molecule has 0 aliphatic rings. The summed E-state index contributed by atoms with van der Waals surface area (Å²) in [5, 5.41) is 4.56. The second-order valence-electron chi connectivity index (χ2n) is 4.02. The van der Waals surface area contributed by atoms with Crippen LogP contribution in [0.4, 0.5) is 0 Å². The van der Waals surface area contributed by atoms with Crippen LogP contribution in [-0.2, 0) is 19.5 Å². The molecular weight excluding hydrogens is 300 g/mol. The number of aromatic nitrogens is 2. The van der Waals surface area contributed by atoms with Crippen molar-refractivity contribution in [3.05, 3.63) is 15.9 Å². The number of aryl methyl sites for hydroxylation is 2. The molecule has 1 heterocycles. The van der Waals surface area contributed by atoms with Crippen LogP contribution >= 0.6 is 28.1 Å². The third-order valence-electron chi connectivity index (χ3n) is 2.54. The Hall–Kier alpha value is -0.460. The van der Waals surface area contributed by atoms with Gasteiger partial charge in [-0.3, -0.25) is 9.58 Å². The van der Waals surface area contributed by atoms with Gasteiger partial charge in [-0.05, 0) is 36.3 Å². The van der Waals surface area contributed by atoms with Crippen molar-refractivity contribution in [2.75, 3.05) is 13.6 Å². The van der Waals surface area contributed by atoms with Gasteiger partial charge in [-0.25, -0.2) is 0 Å². The Bertz CT molecular complexity index is 402. The maximum atomic E-state index is 5.54. The van der Waals surface area contributed by atoms with E-state index in [9.17, 15) is 0 Å². The molecule has 0 saturated heterocycles. The van der Waals surface area contributed by atoms with Crippen LogP contribution < -0.4 is 5.73 Å². The number of hydrogen-bond acceptors (Lipinski definition) is 3. The molecule has 0 bridgehead atoms. The fourth-order valence-corrected chi connectivity index (χ4v) is 2.66. The molecule has 96 valence electrons. The standard InChI is InChI=1S/C11H19BrN4S/c1-4-8-11(12)9(16(5-2)14-8)6-15(3)7-10(13)17/h4-7H2,1-3H3,(H2,13,17). The van der Waals surface area contributed by atoms with Crippen LogP contribution in [0, 0.1) is 0 Å². The van der Waals surface area contributed by atoms with Crippen molar-refractivity contribution >= 4 is 33.1 Å². The van der Waals surface area contributed by atoms with E-state index in [1.54, 1.807) is 0 Å². The van der Waals surface area contributed by atoms with Crippen molar-refractivity contribution in [1.29, 1.82) is 0 Å². The largest absolute Gasteiger partial charge is 0.392 e. The van der Waals surface area contributed by atoms with E-state index < -0.39 is 0 Å². The molecule has 1 aromatic rings. The molecule has 0 saturated carbocycles. The van der Waals surface area contributed by atoms with Gasteiger partial charge in [-0.2, -0.15) is 5.10 Å². The van der Waals surface area contributed by atoms with Gasteiger partial charge in [0.05, 0.1) is 20.8 Å². The minimum atomic E-state index is 0.516. The van der Waals surface area contributed by atoms with Crippen molar-refractivity contribution in [2.45, 2.75) is 33.4 Å². The fraction of sp³-hybridized carbons (Fsp3) is 0.636. The summed E-state index contributed by atoms with van der Waals surface area (Å²) < 4.78 is 3.13. The summed E-state index contributed by atoms with van der Waals surface area (Å²) in [5.74, 6) is 0. The molecule has 0 aliphatic carbocycles. The average molecular weight is 319 g/mol. The SMILES string of the molecule is CCc1nn(CC)c(CN(C)CC(N)=S)c1Br. The number of rotatable bonds is 6. The molecule has 0 unspecified atom stereocenters. The monoisotopic (exact) mass is 318 g/mol. The lowest BCUT2D eigenvalue weighted by Gasteiger charge is -2.16. The van der Waals surface area contributed by atoms with Gasteiger partial charge < -0.3 is 5.73 Å². The molecule has 0 aromatic carbocycles. The number of hydrogen-bond donors (Lipinski definition) is 1. The summed E-state index contributed by atoms with van der Waals surface area (Å²) in [4.78, 5) is 2.61. The van der Waals surface area contributed by atoms with Crippen LogP contribution in [0.15, 0.2) is 4.47 Å². The Morgan fingerprint density at radius 1 is 1.53 bits per heavy atom. The minimum Gasteiger partial charge on any atom is -0.392 e. The van der Waals surface area contributed by atoms with E-state index in [4.69, 9.17) is 18.0 Å². The lowest BCUT2D eigenvalue weighted by atomic mass is 10.3. The molecule has 0 fully saturated rings. The Labute approximate surface area is 116 Å². The van der Waals surface area contributed by atoms with Gasteiger partial charge in [-0.1, -0.05) is 19.1 Å². The second kappa shape index (κ2) is 6.47. The summed E-state index contributed by atoms with van der Waals surface area (Å²) in [7, 11) is 2.00. The van der Waals surface area contributed by atoms with Crippen molar-refractivity contribution in [2.24, 2.45) is 5.73 Å². The van der Waals surface area contributed by atoms with Crippen LogP contribution in [0.2, 0.25) is 0 Å². The smallest absolute Gasteiger partial charge is 0.0870 e. The zero-order chi connectivity index (χ0) is 13.0. The molecule has 17 heavy (non-hydrogen) atoms. The van der Waals surface area contributed by atoms with Gasteiger partial charge in [0.25, 0.3) is 0 Å². The van der Waals surface area contributed by atoms with E-state index in [0.717, 1.165) is 29.7 Å². The number of halogens is 1. The summed E-state index contributed by atoms with van der Waals surface area (Å²) in [6.07, 6.45) is 0.930. The van der Waals surface area contributed by atoms with Gasteiger partial charge in [0, 0.05) is 19.6 Å². The predicted octanol–water partition coefficient (Wildman–Crippen LogP) is 1.95. The number of likely N-dealkylation sites (N-methyl/N-ethyl adjacent to an activating group) is 1. The molecule has 1 rings (SSSR count). The molecule has 4 nitrogen and oxygen atoms in total. The van der Waals surface area contributed by atoms with Gasteiger partial charge in [0.15, 0.2) is 0 Å². The molecular formula is C11H19BrN4S. The minimum absolute atomic E-state index is 0.516. The normalized spacial score (nSPS) is 11.1. The zero-order valence-electron chi connectivity index (χ0n) is 10.5. The zero-order valence-corrected chi connectivity index (χ0v) is 12.9. The topological polar surface area (TPSA) is 47.1 Å². The third kappa shape index (κ3) is 3.76. The van der Waals surface area contributed by atoms with Crippen molar-refractivity contribution in [1.82, 2.24) is 14.7 Å². The van der Waals surface area contributed by atoms with Gasteiger partial charge >= 0.3 is 0 Å². The van der Waals surface area contributed by atoms with E-state index in [2.05, 4.69) is 39.8 Å². The van der Waals surface area contributed by atoms with Crippen LogP contribution in [0.25, 0.3) is 0 Å². The summed E-state index contributed by atoms with van der Waals surface area (Å²) in [6, 6.07) is 0. The van der Waals surface area contributed by atoms with Crippen molar-refractivity contribution in [3.63, 3.8) is 0 Å². The van der Waals surface area contributed by atoms with E-state index in [0.29, 0.717) is 11.5 Å². The van der Waals surface area contributed by atoms with Gasteiger partial charge in [0.2, 0.25) is 0 Å². The summed E-state index contributed by atoms with van der Waals surface area (Å²) in [6.45, 7) is 6.48. The summed E-state index contributed by atoms with van der Waals surface area (Å²) >= 11 is 8.54. The molecule has 0 amide bonds. The van der Waals surface area contributed by atoms with Crippen LogP contribution in [0.5, 0.6) is 0 Å². The molecule has 0 spiro atoms. The lowest BCUT2D eigenvalue weighted by Crippen LogP contribution is -2.29. The molecule has 1 aromatic heterocycles. The first kappa shape index (κ1) is 14.6. The van der Waals surface area contributed by atoms with Crippen LogP contribution in [0.1, 0.15) is 25.2 Å². The van der Waals surface area contributed by atoms with E-state index >= 15 is 0 Å². The van der Waals surface area contributed by atoms with E-state index in [1.807, 2.05) is 11.7 Å². The second-order valence-corrected chi connectivity index (χ2v) is 5.33. The number of thiocarbonyl (C=S) groups is 1. The predicted molar refractivity (Wildman–Crippen MR) is 78.1 cm³/mol. The molecule has 6 heteroatoms. The van der Waals surface area contributed by atoms with Crippen molar-refractivity contribution < 1.29 is 0 Å². The molecule has 2 N–H and O–H groups in total. The average Bonchev–Trinajstić information content (AvgIpc) is 2.55. The third-order valence-corrected chi connectivity index (χ3v) is 3.58. The number of nitrogens with two attached hydrogens (primary N) is 1. The van der Waals surface area contributed by atoms with E-state index in [-0.39, 0.29) is 0 Å². The Morgan fingerprint density at radius 3 is 2.65 bits per heavy atom. The first-order chi connectivity index (χ1) is 7.99. The fourth-order valence-electron chi connectivity index (χ4n) is 1.75. The molecule has 0 aliphatic heterocycles.